The van der Waals surface area contributed by atoms with Crippen molar-refractivity contribution in [3.05, 3.63) is 53.1 Å². The van der Waals surface area contributed by atoms with E-state index in [1.54, 1.807) is 15.9 Å². The smallest absolute Gasteiger partial charge is 0.311 e. The van der Waals surface area contributed by atoms with E-state index in [0.29, 0.717) is 30.3 Å². The number of amides is 2. The molecule has 7 nitrogen and oxygen atoms in total. The Hall–Kier alpha value is -2.29. The van der Waals surface area contributed by atoms with E-state index in [-0.39, 0.29) is 29.6 Å². The van der Waals surface area contributed by atoms with E-state index in [1.165, 1.54) is 11.8 Å². The lowest BCUT2D eigenvalue weighted by Crippen LogP contribution is -2.56. The highest BCUT2D eigenvalue weighted by atomic mass is 35.5. The summed E-state index contributed by atoms with van der Waals surface area (Å²) >= 11 is 8.10. The number of hydrogen-bond acceptors (Lipinski definition) is 6. The van der Waals surface area contributed by atoms with Crippen LogP contribution in [0.5, 0.6) is 0 Å². The Labute approximate surface area is 226 Å². The lowest BCUT2D eigenvalue weighted by molar-refractivity contribution is -0.153. The number of carbonyl (C=O) groups is 3. The van der Waals surface area contributed by atoms with Gasteiger partial charge in [0.15, 0.2) is 0 Å². The van der Waals surface area contributed by atoms with Crippen LogP contribution in [0.25, 0.3) is 0 Å². The van der Waals surface area contributed by atoms with Gasteiger partial charge in [0.25, 0.3) is 5.91 Å². The number of allylic oxidation sites excluding steroid dienone is 1. The number of aliphatic hydroxyl groups excluding tert-OH is 1. The summed E-state index contributed by atoms with van der Waals surface area (Å²) in [7, 11) is 0. The second kappa shape index (κ2) is 10.5. The van der Waals surface area contributed by atoms with E-state index < -0.39 is 28.7 Å². The van der Waals surface area contributed by atoms with Crippen molar-refractivity contribution < 1.29 is 24.2 Å². The fourth-order valence-electron chi connectivity index (χ4n) is 6.33. The molecule has 1 N–H and O–H groups in total. The molecular formula is C28H33ClN2O5S. The largest absolute Gasteiger partial charge is 0.465 e. The SMILES string of the molecule is CC[C@@H](CO)N1C(=O)[C@@H]2[C@H]3C(=O)OCCCC/C=C\[C@H]3S[C@@]23C=CCN(c2c(C)cccc2Cl)C(=O)C13. The Kier molecular flexibility index (Phi) is 7.44. The number of nitrogens with zero attached hydrogens (tertiary/aromatic N) is 2. The summed E-state index contributed by atoms with van der Waals surface area (Å²) in [4.78, 5) is 45.3. The Morgan fingerprint density at radius 3 is 2.76 bits per heavy atom. The second-order valence-corrected chi connectivity index (χ2v) is 12.1. The topological polar surface area (TPSA) is 87.2 Å². The number of likely N-dealkylation sites (tertiary alicyclic amines) is 1. The van der Waals surface area contributed by atoms with E-state index in [2.05, 4.69) is 6.08 Å². The van der Waals surface area contributed by atoms with Gasteiger partial charge in [-0.3, -0.25) is 14.4 Å². The van der Waals surface area contributed by atoms with Crippen LogP contribution in [0, 0.1) is 18.8 Å². The summed E-state index contributed by atoms with van der Waals surface area (Å²) in [5.74, 6) is -2.39. The Morgan fingerprint density at radius 1 is 1.22 bits per heavy atom. The van der Waals surface area contributed by atoms with Crippen LogP contribution in [-0.2, 0) is 19.1 Å². The quantitative estimate of drug-likeness (QED) is 0.457. The fourth-order valence-corrected chi connectivity index (χ4v) is 8.64. The van der Waals surface area contributed by atoms with E-state index in [1.807, 2.05) is 44.2 Å². The summed E-state index contributed by atoms with van der Waals surface area (Å²) in [6, 6.07) is 4.06. The molecule has 2 amide bonds. The third kappa shape index (κ3) is 4.21. The number of cyclic esters (lactones) is 1. The molecule has 4 aliphatic rings. The number of aryl methyl sites for hydroxylation is 1. The van der Waals surface area contributed by atoms with Crippen molar-refractivity contribution in [3.8, 4) is 0 Å². The van der Waals surface area contributed by atoms with Gasteiger partial charge in [-0.1, -0.05) is 55.0 Å². The van der Waals surface area contributed by atoms with Crippen molar-refractivity contribution in [2.75, 3.05) is 24.7 Å². The Balaban J connectivity index is 1.66. The van der Waals surface area contributed by atoms with Crippen LogP contribution < -0.4 is 4.90 Å². The second-order valence-electron chi connectivity index (χ2n) is 10.2. The maximum absolute atomic E-state index is 14.5. The number of carbonyl (C=O) groups excluding carboxylic acids is 3. The molecule has 0 aliphatic carbocycles. The molecule has 6 atom stereocenters. The predicted octanol–water partition coefficient (Wildman–Crippen LogP) is 3.90. The zero-order valence-corrected chi connectivity index (χ0v) is 22.7. The van der Waals surface area contributed by atoms with Gasteiger partial charge in [-0.15, -0.1) is 11.8 Å². The molecule has 0 bridgehead atoms. The Bertz CT molecular complexity index is 1130. The molecule has 1 spiro atoms. The predicted molar refractivity (Wildman–Crippen MR) is 145 cm³/mol. The maximum atomic E-state index is 14.5. The van der Waals surface area contributed by atoms with Crippen LogP contribution in [0.1, 0.15) is 38.2 Å². The van der Waals surface area contributed by atoms with Crippen LogP contribution in [0.15, 0.2) is 42.5 Å². The number of halogens is 1. The first-order valence-electron chi connectivity index (χ1n) is 13.0. The highest BCUT2D eigenvalue weighted by Gasteiger charge is 2.71. The number of hydrogen-bond donors (Lipinski definition) is 1. The third-order valence-corrected chi connectivity index (χ3v) is 10.1. The third-order valence-electron chi connectivity index (χ3n) is 8.07. The number of fused-ring (bicyclic) bond motifs is 2. The summed E-state index contributed by atoms with van der Waals surface area (Å²) in [5.41, 5.74) is 1.47. The molecule has 1 aromatic carbocycles. The number of benzene rings is 1. The molecule has 37 heavy (non-hydrogen) atoms. The number of rotatable bonds is 4. The van der Waals surface area contributed by atoms with Crippen LogP contribution in [0.2, 0.25) is 5.02 Å². The lowest BCUT2D eigenvalue weighted by atomic mass is 9.78. The minimum atomic E-state index is -0.965. The van der Waals surface area contributed by atoms with E-state index >= 15 is 0 Å². The molecule has 4 aliphatic heterocycles. The first-order chi connectivity index (χ1) is 17.9. The van der Waals surface area contributed by atoms with Gasteiger partial charge in [0, 0.05) is 11.8 Å². The molecule has 2 saturated heterocycles. The van der Waals surface area contributed by atoms with E-state index in [4.69, 9.17) is 16.3 Å². The zero-order valence-electron chi connectivity index (χ0n) is 21.1. The maximum Gasteiger partial charge on any atom is 0.311 e. The number of ether oxygens (including phenoxy) is 1. The van der Waals surface area contributed by atoms with Crippen molar-refractivity contribution in [1.29, 1.82) is 0 Å². The highest BCUT2D eigenvalue weighted by molar-refractivity contribution is 8.02. The molecule has 0 saturated carbocycles. The monoisotopic (exact) mass is 544 g/mol. The van der Waals surface area contributed by atoms with E-state index in [9.17, 15) is 19.5 Å². The molecule has 198 valence electrons. The molecule has 1 aromatic rings. The van der Waals surface area contributed by atoms with Gasteiger partial charge in [0.1, 0.15) is 6.04 Å². The molecule has 5 rings (SSSR count). The highest BCUT2D eigenvalue weighted by Crippen LogP contribution is 2.61. The van der Waals surface area contributed by atoms with Crippen molar-refractivity contribution in [2.45, 2.75) is 61.6 Å². The minimum absolute atomic E-state index is 0.252. The number of aliphatic hydroxyl groups is 1. The molecule has 2 fully saturated rings. The molecular weight excluding hydrogens is 512 g/mol. The summed E-state index contributed by atoms with van der Waals surface area (Å²) in [5, 5.41) is 10.4. The van der Waals surface area contributed by atoms with Crippen molar-refractivity contribution in [1.82, 2.24) is 4.90 Å². The zero-order chi connectivity index (χ0) is 26.3. The van der Waals surface area contributed by atoms with Crippen molar-refractivity contribution in [3.63, 3.8) is 0 Å². The average Bonchev–Trinajstić information content (AvgIpc) is 3.26. The van der Waals surface area contributed by atoms with Gasteiger partial charge in [-0.25, -0.2) is 0 Å². The van der Waals surface area contributed by atoms with Gasteiger partial charge in [0.2, 0.25) is 5.91 Å². The molecule has 4 heterocycles. The lowest BCUT2D eigenvalue weighted by Gasteiger charge is -2.38. The first-order valence-corrected chi connectivity index (χ1v) is 14.3. The van der Waals surface area contributed by atoms with Gasteiger partial charge < -0.3 is 19.6 Å². The number of para-hydroxylation sites is 1. The molecule has 9 heteroatoms. The normalized spacial score (nSPS) is 33.4. The Morgan fingerprint density at radius 2 is 2.03 bits per heavy atom. The van der Waals surface area contributed by atoms with Crippen LogP contribution in [-0.4, -0.2) is 69.6 Å². The molecule has 0 radical (unpaired) electrons. The molecule has 0 aromatic heterocycles. The minimum Gasteiger partial charge on any atom is -0.465 e. The van der Waals surface area contributed by atoms with Gasteiger partial charge in [0.05, 0.1) is 46.5 Å². The summed E-state index contributed by atoms with van der Waals surface area (Å²) in [6.45, 7) is 4.14. The van der Waals surface area contributed by atoms with Gasteiger partial charge >= 0.3 is 5.97 Å². The summed E-state index contributed by atoms with van der Waals surface area (Å²) in [6.07, 6.45) is 11.0. The van der Waals surface area contributed by atoms with Crippen LogP contribution >= 0.6 is 23.4 Å². The van der Waals surface area contributed by atoms with Crippen LogP contribution in [0.3, 0.4) is 0 Å². The number of esters is 1. The fraction of sp³-hybridized carbons (Fsp3) is 0.536. The van der Waals surface area contributed by atoms with Crippen molar-refractivity contribution in [2.24, 2.45) is 11.8 Å². The standard InChI is InChI=1S/C28H33ClN2O5S/c1-3-18(16-32)31-24-26(34)30(23-17(2)10-8-11-19(23)29)14-9-13-28(24)22(25(31)33)21-20(37-28)12-6-4-5-7-15-36-27(21)35/h6,8-13,18,20-22,24,32H,3-5,7,14-16H2,1-2H3/b12-6-/t18-,20+,21-,22-,24?,28-/m0/s1. The number of thioether (sulfide) groups is 1. The van der Waals surface area contributed by atoms with E-state index in [0.717, 1.165) is 24.8 Å². The van der Waals surface area contributed by atoms with Gasteiger partial charge in [-0.2, -0.15) is 0 Å². The molecule has 1 unspecified atom stereocenters. The van der Waals surface area contributed by atoms with Crippen LogP contribution in [0.4, 0.5) is 5.69 Å². The number of anilines is 1. The van der Waals surface area contributed by atoms with Crippen molar-refractivity contribution >= 4 is 46.8 Å². The average molecular weight is 545 g/mol. The first kappa shape index (κ1) is 26.3. The summed E-state index contributed by atoms with van der Waals surface area (Å²) < 4.78 is 4.69. The van der Waals surface area contributed by atoms with Gasteiger partial charge in [-0.05, 0) is 44.2 Å².